The average Bonchev–Trinajstić information content (AvgIpc) is 3.00. The number of primary amides is 1. The van der Waals surface area contributed by atoms with E-state index in [1.807, 2.05) is 24.3 Å². The van der Waals surface area contributed by atoms with Crippen molar-refractivity contribution >= 4 is 29.3 Å². The van der Waals surface area contributed by atoms with Gasteiger partial charge >= 0.3 is 0 Å². The van der Waals surface area contributed by atoms with Gasteiger partial charge in [0.15, 0.2) is 0 Å². The van der Waals surface area contributed by atoms with E-state index in [-0.39, 0.29) is 29.9 Å². The monoisotopic (exact) mass is 344 g/mol. The number of hydrogen-bond donors (Lipinski definition) is 1. The van der Waals surface area contributed by atoms with E-state index in [0.717, 1.165) is 10.5 Å². The van der Waals surface area contributed by atoms with Gasteiger partial charge in [-0.05, 0) is 42.3 Å². The van der Waals surface area contributed by atoms with Crippen LogP contribution in [0.2, 0.25) is 0 Å². The Labute approximate surface area is 143 Å². The van der Waals surface area contributed by atoms with Crippen molar-refractivity contribution in [1.82, 2.24) is 0 Å². The molecule has 4 nitrogen and oxygen atoms in total. The number of carbonyl (C=O) groups excluding carboxylic acids is 2. The van der Waals surface area contributed by atoms with E-state index in [4.69, 9.17) is 5.73 Å². The zero-order chi connectivity index (χ0) is 17.1. The molecule has 2 N–H and O–H groups in total. The van der Waals surface area contributed by atoms with Crippen LogP contribution in [0.3, 0.4) is 0 Å². The van der Waals surface area contributed by atoms with E-state index in [0.29, 0.717) is 12.1 Å². The summed E-state index contributed by atoms with van der Waals surface area (Å²) >= 11 is 1.52. The zero-order valence-electron chi connectivity index (χ0n) is 12.9. The molecule has 2 aromatic rings. The highest BCUT2D eigenvalue weighted by molar-refractivity contribution is 8.01. The fourth-order valence-corrected chi connectivity index (χ4v) is 3.96. The summed E-state index contributed by atoms with van der Waals surface area (Å²) in [5.74, 6) is -0.940. The van der Waals surface area contributed by atoms with Crippen LogP contribution in [-0.2, 0) is 16.0 Å². The molecule has 1 heterocycles. The highest BCUT2D eigenvalue weighted by Crippen LogP contribution is 2.38. The summed E-state index contributed by atoms with van der Waals surface area (Å²) in [6.07, 6.45) is 0.710. The lowest BCUT2D eigenvalue weighted by Gasteiger charge is -2.25. The SMILES string of the molecule is NC(=O)CCN(C(=O)C1Cc2ccccc2S1)c1ccc(F)cc1. The van der Waals surface area contributed by atoms with Gasteiger partial charge in [-0.3, -0.25) is 9.59 Å². The van der Waals surface area contributed by atoms with Gasteiger partial charge in [-0.25, -0.2) is 4.39 Å². The van der Waals surface area contributed by atoms with Crippen LogP contribution in [0, 0.1) is 5.82 Å². The number of fused-ring (bicyclic) bond motifs is 1. The standard InChI is InChI=1S/C18H17FN2O2S/c19-13-5-7-14(8-6-13)21(10-9-17(20)22)18(23)16-11-12-3-1-2-4-15(12)24-16/h1-8,16H,9-11H2,(H2,20,22). The number of thioether (sulfide) groups is 1. The van der Waals surface area contributed by atoms with E-state index in [9.17, 15) is 14.0 Å². The number of amides is 2. The van der Waals surface area contributed by atoms with Gasteiger partial charge < -0.3 is 10.6 Å². The van der Waals surface area contributed by atoms with Crippen LogP contribution in [0.4, 0.5) is 10.1 Å². The van der Waals surface area contributed by atoms with Gasteiger partial charge in [0.2, 0.25) is 11.8 Å². The van der Waals surface area contributed by atoms with E-state index in [1.165, 1.54) is 28.8 Å². The summed E-state index contributed by atoms with van der Waals surface area (Å²) in [5.41, 5.74) is 6.94. The molecule has 0 radical (unpaired) electrons. The second-order valence-electron chi connectivity index (χ2n) is 5.60. The van der Waals surface area contributed by atoms with Crippen LogP contribution in [0.1, 0.15) is 12.0 Å². The van der Waals surface area contributed by atoms with Gasteiger partial charge in [0.05, 0.1) is 5.25 Å². The summed E-state index contributed by atoms with van der Waals surface area (Å²) < 4.78 is 13.2. The van der Waals surface area contributed by atoms with E-state index in [2.05, 4.69) is 0 Å². The molecule has 1 aliphatic rings. The van der Waals surface area contributed by atoms with Crippen molar-refractivity contribution in [3.05, 3.63) is 59.9 Å². The van der Waals surface area contributed by atoms with Gasteiger partial charge in [0, 0.05) is 23.5 Å². The lowest BCUT2D eigenvalue weighted by molar-refractivity contribution is -0.118. The van der Waals surface area contributed by atoms with Gasteiger partial charge in [0.25, 0.3) is 0 Å². The Morgan fingerprint density at radius 3 is 2.54 bits per heavy atom. The van der Waals surface area contributed by atoms with Crippen molar-refractivity contribution in [3.8, 4) is 0 Å². The fourth-order valence-electron chi connectivity index (χ4n) is 2.70. The first-order valence-electron chi connectivity index (χ1n) is 7.64. The van der Waals surface area contributed by atoms with Crippen molar-refractivity contribution in [2.75, 3.05) is 11.4 Å². The van der Waals surface area contributed by atoms with Crippen LogP contribution < -0.4 is 10.6 Å². The number of carbonyl (C=O) groups is 2. The Balaban J connectivity index is 1.81. The molecule has 0 fully saturated rings. The number of rotatable bonds is 5. The van der Waals surface area contributed by atoms with Crippen LogP contribution in [0.25, 0.3) is 0 Å². The number of nitrogens with zero attached hydrogens (tertiary/aromatic N) is 1. The van der Waals surface area contributed by atoms with Crippen LogP contribution >= 0.6 is 11.8 Å². The van der Waals surface area contributed by atoms with Gasteiger partial charge in [0.1, 0.15) is 5.82 Å². The first-order chi connectivity index (χ1) is 11.5. The summed E-state index contributed by atoms with van der Waals surface area (Å²) in [6, 6.07) is 13.6. The minimum absolute atomic E-state index is 0.0629. The quantitative estimate of drug-likeness (QED) is 0.907. The topological polar surface area (TPSA) is 63.4 Å². The van der Waals surface area contributed by atoms with Crippen LogP contribution in [0.5, 0.6) is 0 Å². The molecule has 2 amide bonds. The Bertz CT molecular complexity index is 739. The zero-order valence-corrected chi connectivity index (χ0v) is 13.8. The molecule has 0 spiro atoms. The van der Waals surface area contributed by atoms with Crippen molar-refractivity contribution in [2.24, 2.45) is 5.73 Å². The first kappa shape index (κ1) is 16.5. The van der Waals surface area contributed by atoms with Gasteiger partial charge in [-0.2, -0.15) is 0 Å². The molecule has 6 heteroatoms. The largest absolute Gasteiger partial charge is 0.370 e. The third kappa shape index (κ3) is 3.59. The van der Waals surface area contributed by atoms with E-state index < -0.39 is 5.91 Å². The second-order valence-corrected chi connectivity index (χ2v) is 6.85. The average molecular weight is 344 g/mol. The molecule has 1 unspecified atom stereocenters. The fraction of sp³-hybridized carbons (Fsp3) is 0.222. The Kier molecular flexibility index (Phi) is 4.85. The predicted molar refractivity (Wildman–Crippen MR) is 92.4 cm³/mol. The second kappa shape index (κ2) is 7.05. The van der Waals surface area contributed by atoms with Crippen LogP contribution in [-0.4, -0.2) is 23.6 Å². The first-order valence-corrected chi connectivity index (χ1v) is 8.52. The predicted octanol–water partition coefficient (Wildman–Crippen LogP) is 2.75. The molecule has 0 aromatic heterocycles. The maximum Gasteiger partial charge on any atom is 0.240 e. The molecule has 3 rings (SSSR count). The Morgan fingerprint density at radius 1 is 1.17 bits per heavy atom. The number of halogens is 1. The van der Waals surface area contributed by atoms with Crippen molar-refractivity contribution in [2.45, 2.75) is 23.0 Å². The van der Waals surface area contributed by atoms with Gasteiger partial charge in [-0.15, -0.1) is 11.8 Å². The molecule has 0 saturated carbocycles. The smallest absolute Gasteiger partial charge is 0.240 e. The lowest BCUT2D eigenvalue weighted by atomic mass is 10.1. The van der Waals surface area contributed by atoms with Crippen LogP contribution in [0.15, 0.2) is 53.4 Å². The van der Waals surface area contributed by atoms with Crippen molar-refractivity contribution < 1.29 is 14.0 Å². The molecule has 124 valence electrons. The number of nitrogens with two attached hydrogens (primary N) is 1. The summed E-state index contributed by atoms with van der Waals surface area (Å²) in [7, 11) is 0. The highest BCUT2D eigenvalue weighted by atomic mass is 32.2. The van der Waals surface area contributed by atoms with Crippen molar-refractivity contribution in [1.29, 1.82) is 0 Å². The number of benzene rings is 2. The Morgan fingerprint density at radius 2 is 1.88 bits per heavy atom. The molecule has 0 saturated heterocycles. The maximum absolute atomic E-state index is 13.2. The molecular weight excluding hydrogens is 327 g/mol. The van der Waals surface area contributed by atoms with E-state index >= 15 is 0 Å². The number of anilines is 1. The molecule has 1 aliphatic heterocycles. The summed E-state index contributed by atoms with van der Waals surface area (Å²) in [6.45, 7) is 0.188. The molecule has 0 aliphatic carbocycles. The van der Waals surface area contributed by atoms with Crippen molar-refractivity contribution in [3.63, 3.8) is 0 Å². The van der Waals surface area contributed by atoms with Gasteiger partial charge in [-0.1, -0.05) is 18.2 Å². The minimum atomic E-state index is -0.475. The van der Waals surface area contributed by atoms with E-state index in [1.54, 1.807) is 12.1 Å². The molecule has 1 atom stereocenters. The lowest BCUT2D eigenvalue weighted by Crippen LogP contribution is -2.39. The molecule has 0 bridgehead atoms. The summed E-state index contributed by atoms with van der Waals surface area (Å²) in [4.78, 5) is 26.7. The molecular formula is C18H17FN2O2S. The third-order valence-electron chi connectivity index (χ3n) is 3.91. The molecule has 2 aromatic carbocycles. The normalized spacial score (nSPS) is 15.8. The summed E-state index contributed by atoms with van der Waals surface area (Å²) in [5, 5.41) is -0.250. The third-order valence-corrected chi connectivity index (χ3v) is 5.21. The highest BCUT2D eigenvalue weighted by Gasteiger charge is 2.32. The number of hydrogen-bond acceptors (Lipinski definition) is 3. The maximum atomic E-state index is 13.2. The minimum Gasteiger partial charge on any atom is -0.370 e. The Hall–Kier alpha value is -2.34. The molecule has 24 heavy (non-hydrogen) atoms.